The third-order valence-corrected chi connectivity index (χ3v) is 2.33. The fourth-order valence-corrected chi connectivity index (χ4v) is 1.51. The van der Waals surface area contributed by atoms with Crippen molar-refractivity contribution in [3.63, 3.8) is 0 Å². The van der Waals surface area contributed by atoms with Crippen molar-refractivity contribution in [2.45, 2.75) is 6.61 Å². The normalized spacial score (nSPS) is 12.6. The van der Waals surface area contributed by atoms with Gasteiger partial charge in [-0.05, 0) is 5.56 Å². The molecule has 0 aliphatic carbocycles. The Morgan fingerprint density at radius 2 is 1.93 bits per heavy atom. The maximum absolute atomic E-state index is 11.0. The molecule has 0 spiro atoms. The molecule has 1 aromatic rings. The molecule has 0 saturated carbocycles. The number of benzene rings is 1. The van der Waals surface area contributed by atoms with Crippen molar-refractivity contribution in [2.75, 3.05) is 13.2 Å². The molecule has 78 valence electrons. The van der Waals surface area contributed by atoms with Gasteiger partial charge in [0.25, 0.3) is 0 Å². The van der Waals surface area contributed by atoms with Gasteiger partial charge in [-0.15, -0.1) is 0 Å². The van der Waals surface area contributed by atoms with Gasteiger partial charge in [0, 0.05) is 0 Å². The maximum atomic E-state index is 11.0. The van der Waals surface area contributed by atoms with Crippen LogP contribution in [0.5, 0.6) is 0 Å². The van der Waals surface area contributed by atoms with Gasteiger partial charge < -0.3 is 14.2 Å². The topological polar surface area (TPSA) is 55.8 Å². The van der Waals surface area contributed by atoms with Crippen LogP contribution in [0, 0.1) is 0 Å². The molecule has 1 atom stereocenters. The van der Waals surface area contributed by atoms with E-state index in [4.69, 9.17) is 9.63 Å². The van der Waals surface area contributed by atoms with Crippen molar-refractivity contribution >= 4 is 8.25 Å². The number of aliphatic hydroxyl groups excluding tert-OH is 1. The summed E-state index contributed by atoms with van der Waals surface area (Å²) in [5.41, 5.74) is 0.943. The van der Waals surface area contributed by atoms with E-state index < -0.39 is 8.25 Å². The predicted molar refractivity (Wildman–Crippen MR) is 53.3 cm³/mol. The first-order valence-corrected chi connectivity index (χ1v) is 5.49. The molecule has 1 N–H and O–H groups in total. The van der Waals surface area contributed by atoms with E-state index >= 15 is 0 Å². The lowest BCUT2D eigenvalue weighted by Crippen LogP contribution is -1.93. The molecule has 1 aromatic carbocycles. The average Bonchev–Trinajstić information content (AvgIpc) is 2.25. The van der Waals surface area contributed by atoms with Crippen LogP contribution in [0.4, 0.5) is 0 Å². The minimum atomic E-state index is -2.46. The van der Waals surface area contributed by atoms with Crippen LogP contribution in [0.1, 0.15) is 5.56 Å². The van der Waals surface area contributed by atoms with Gasteiger partial charge in [-0.1, -0.05) is 30.3 Å². The van der Waals surface area contributed by atoms with E-state index in [2.05, 4.69) is 4.52 Å². The van der Waals surface area contributed by atoms with Gasteiger partial charge in [0.15, 0.2) is 0 Å². The first kappa shape index (κ1) is 11.4. The Labute approximate surface area is 83.4 Å². The standard InChI is InChI=1S/C9H13O4P/c10-6-7-12-14(11)13-8-9-4-2-1-3-5-9/h1-5,10,14H,6-8H2. The molecule has 0 fully saturated rings. The molecule has 0 radical (unpaired) electrons. The second-order valence-corrected chi connectivity index (χ2v) is 3.67. The molecule has 0 saturated heterocycles. The lowest BCUT2D eigenvalue weighted by atomic mass is 10.2. The lowest BCUT2D eigenvalue weighted by Gasteiger charge is -2.03. The Hall–Kier alpha value is -0.670. The number of hydrogen-bond acceptors (Lipinski definition) is 4. The Bertz CT molecular complexity index is 275. The number of aliphatic hydroxyl groups is 1. The van der Waals surface area contributed by atoms with Crippen LogP contribution < -0.4 is 0 Å². The van der Waals surface area contributed by atoms with Crippen molar-refractivity contribution in [1.29, 1.82) is 0 Å². The fourth-order valence-electron chi connectivity index (χ4n) is 0.887. The molecule has 1 unspecified atom stereocenters. The van der Waals surface area contributed by atoms with Crippen molar-refractivity contribution < 1.29 is 18.7 Å². The zero-order valence-electron chi connectivity index (χ0n) is 7.68. The Morgan fingerprint density at radius 3 is 2.57 bits per heavy atom. The van der Waals surface area contributed by atoms with Crippen LogP contribution >= 0.6 is 8.25 Å². The zero-order valence-corrected chi connectivity index (χ0v) is 8.68. The molecule has 0 heterocycles. The number of rotatable bonds is 6. The first-order chi connectivity index (χ1) is 6.83. The predicted octanol–water partition coefficient (Wildman–Crippen LogP) is 1.60. The molecular weight excluding hydrogens is 203 g/mol. The van der Waals surface area contributed by atoms with Gasteiger partial charge in [-0.2, -0.15) is 0 Å². The quantitative estimate of drug-likeness (QED) is 0.734. The SMILES string of the molecule is O=[PH](OCCO)OCc1ccccc1. The second-order valence-electron chi connectivity index (χ2n) is 2.60. The molecule has 4 nitrogen and oxygen atoms in total. The van der Waals surface area contributed by atoms with E-state index in [1.807, 2.05) is 30.3 Å². The first-order valence-electron chi connectivity index (χ1n) is 4.27. The van der Waals surface area contributed by atoms with Crippen molar-refractivity contribution in [2.24, 2.45) is 0 Å². The highest BCUT2D eigenvalue weighted by Gasteiger charge is 1.99. The van der Waals surface area contributed by atoms with Crippen molar-refractivity contribution in [3.8, 4) is 0 Å². The molecular formula is C9H13O4P. The van der Waals surface area contributed by atoms with E-state index in [1.165, 1.54) is 0 Å². The summed E-state index contributed by atoms with van der Waals surface area (Å²) < 4.78 is 20.6. The monoisotopic (exact) mass is 216 g/mol. The van der Waals surface area contributed by atoms with E-state index in [0.717, 1.165) is 5.56 Å². The van der Waals surface area contributed by atoms with Gasteiger partial charge in [-0.25, -0.2) is 0 Å². The van der Waals surface area contributed by atoms with E-state index in [-0.39, 0.29) is 19.8 Å². The summed E-state index contributed by atoms with van der Waals surface area (Å²) in [5.74, 6) is 0. The van der Waals surface area contributed by atoms with Gasteiger partial charge in [0.2, 0.25) is 0 Å². The van der Waals surface area contributed by atoms with E-state index in [0.29, 0.717) is 0 Å². The Kier molecular flexibility index (Phi) is 5.49. The molecule has 0 bridgehead atoms. The van der Waals surface area contributed by atoms with Crippen molar-refractivity contribution in [1.82, 2.24) is 0 Å². The van der Waals surface area contributed by atoms with Crippen molar-refractivity contribution in [3.05, 3.63) is 35.9 Å². The van der Waals surface area contributed by atoms with Gasteiger partial charge >= 0.3 is 8.25 Å². The van der Waals surface area contributed by atoms with Crippen LogP contribution in [0.15, 0.2) is 30.3 Å². The summed E-state index contributed by atoms with van der Waals surface area (Å²) in [4.78, 5) is 0. The third kappa shape index (κ3) is 4.53. The van der Waals surface area contributed by atoms with Gasteiger partial charge in [-0.3, -0.25) is 4.57 Å². The minimum Gasteiger partial charge on any atom is -0.394 e. The highest BCUT2D eigenvalue weighted by Crippen LogP contribution is 2.24. The second kappa shape index (κ2) is 6.74. The largest absolute Gasteiger partial charge is 0.394 e. The van der Waals surface area contributed by atoms with E-state index in [9.17, 15) is 4.57 Å². The third-order valence-electron chi connectivity index (χ3n) is 1.51. The smallest absolute Gasteiger partial charge is 0.319 e. The zero-order chi connectivity index (χ0) is 10.2. The number of hydrogen-bond donors (Lipinski definition) is 1. The molecule has 0 aromatic heterocycles. The summed E-state index contributed by atoms with van der Waals surface area (Å²) >= 11 is 0. The Balaban J connectivity index is 2.24. The maximum Gasteiger partial charge on any atom is 0.319 e. The van der Waals surface area contributed by atoms with Crippen LogP contribution in [-0.4, -0.2) is 18.3 Å². The van der Waals surface area contributed by atoms with Crippen LogP contribution in [0.3, 0.4) is 0 Å². The van der Waals surface area contributed by atoms with Crippen LogP contribution in [0.25, 0.3) is 0 Å². The lowest BCUT2D eigenvalue weighted by molar-refractivity contribution is 0.171. The summed E-state index contributed by atoms with van der Waals surface area (Å²) in [6.07, 6.45) is 0. The summed E-state index contributed by atoms with van der Waals surface area (Å²) in [5, 5.41) is 8.40. The molecule has 1 rings (SSSR count). The molecule has 14 heavy (non-hydrogen) atoms. The van der Waals surface area contributed by atoms with Crippen LogP contribution in [-0.2, 0) is 20.2 Å². The van der Waals surface area contributed by atoms with Gasteiger partial charge in [0.1, 0.15) is 0 Å². The average molecular weight is 216 g/mol. The summed E-state index contributed by atoms with van der Waals surface area (Å²) in [7, 11) is -2.46. The minimum absolute atomic E-state index is 0.0482. The van der Waals surface area contributed by atoms with Gasteiger partial charge in [0.05, 0.1) is 19.8 Å². The highest BCUT2D eigenvalue weighted by molar-refractivity contribution is 7.33. The summed E-state index contributed by atoms with van der Waals surface area (Å²) in [6, 6.07) is 9.41. The Morgan fingerprint density at radius 1 is 1.21 bits per heavy atom. The highest BCUT2D eigenvalue weighted by atomic mass is 31.1. The van der Waals surface area contributed by atoms with Crippen LogP contribution in [0.2, 0.25) is 0 Å². The molecule has 5 heteroatoms. The molecule has 0 aliphatic heterocycles. The summed E-state index contributed by atoms with van der Waals surface area (Å²) in [6.45, 7) is 0.168. The fraction of sp³-hybridized carbons (Fsp3) is 0.333. The molecule has 0 amide bonds. The molecule has 0 aliphatic rings. The van der Waals surface area contributed by atoms with E-state index in [1.54, 1.807) is 0 Å².